The second kappa shape index (κ2) is 12.6. The summed E-state index contributed by atoms with van der Waals surface area (Å²) in [7, 11) is 0. The lowest BCUT2D eigenvalue weighted by Gasteiger charge is -2.26. The van der Waals surface area contributed by atoms with Crippen LogP contribution in [0.15, 0.2) is 186 Å². The third-order valence-electron chi connectivity index (χ3n) is 10.3. The number of thiazole rings is 1. The van der Waals surface area contributed by atoms with Crippen molar-refractivity contribution in [2.75, 3.05) is 4.90 Å². The predicted octanol–water partition coefficient (Wildman–Crippen LogP) is 15.0. The van der Waals surface area contributed by atoms with Gasteiger partial charge in [-0.15, -0.1) is 22.7 Å². The fourth-order valence-corrected chi connectivity index (χ4v) is 9.96. The molecule has 0 radical (unpaired) electrons. The molecule has 0 saturated heterocycles. The van der Waals surface area contributed by atoms with Gasteiger partial charge < -0.3 is 9.32 Å². The first-order valence-corrected chi connectivity index (χ1v) is 19.7. The van der Waals surface area contributed by atoms with Crippen LogP contribution in [0.5, 0.6) is 0 Å². The van der Waals surface area contributed by atoms with Gasteiger partial charge >= 0.3 is 0 Å². The SMILES string of the molecule is c1ccc(-c2ccc(N(c3ccc(-c4ccc5sc6ccc7nc(-c8ccccc8)sc7c6c5c4)cc3)c3ccc4c(c3)oc3ccccc34)cc2)cc1. The summed E-state index contributed by atoms with van der Waals surface area (Å²) in [6.07, 6.45) is 0. The Labute approximate surface area is 319 Å². The Hall–Kier alpha value is -6.53. The van der Waals surface area contributed by atoms with Gasteiger partial charge in [-0.1, -0.05) is 109 Å². The third-order valence-corrected chi connectivity index (χ3v) is 12.6. The maximum Gasteiger partial charge on any atom is 0.137 e. The lowest BCUT2D eigenvalue weighted by molar-refractivity contribution is 0.669. The van der Waals surface area contributed by atoms with E-state index < -0.39 is 0 Å². The van der Waals surface area contributed by atoms with Crippen LogP contribution < -0.4 is 4.90 Å². The molecule has 0 spiro atoms. The highest BCUT2D eigenvalue weighted by atomic mass is 32.1. The zero-order chi connectivity index (χ0) is 35.6. The monoisotopic (exact) mass is 726 g/mol. The predicted molar refractivity (Wildman–Crippen MR) is 231 cm³/mol. The van der Waals surface area contributed by atoms with Crippen molar-refractivity contribution in [3.8, 4) is 32.8 Å². The normalized spacial score (nSPS) is 11.7. The van der Waals surface area contributed by atoms with Gasteiger partial charge in [-0.2, -0.15) is 0 Å². The van der Waals surface area contributed by atoms with Crippen molar-refractivity contribution in [3.63, 3.8) is 0 Å². The van der Waals surface area contributed by atoms with E-state index in [2.05, 4.69) is 175 Å². The van der Waals surface area contributed by atoms with Crippen LogP contribution in [0.2, 0.25) is 0 Å². The van der Waals surface area contributed by atoms with Gasteiger partial charge in [0.15, 0.2) is 0 Å². The molecule has 11 aromatic rings. The molecular formula is C49H30N2OS2. The summed E-state index contributed by atoms with van der Waals surface area (Å²) in [6.45, 7) is 0. The van der Waals surface area contributed by atoms with Gasteiger partial charge in [-0.25, -0.2) is 4.98 Å². The van der Waals surface area contributed by atoms with Crippen LogP contribution in [0.25, 0.3) is 85.2 Å². The average Bonchev–Trinajstić information content (AvgIpc) is 3.95. The fraction of sp³-hybridized carbons (Fsp3) is 0. The molecule has 0 aliphatic rings. The van der Waals surface area contributed by atoms with Gasteiger partial charge in [0.1, 0.15) is 16.2 Å². The molecule has 3 aromatic heterocycles. The number of thiophene rings is 1. The molecule has 8 aromatic carbocycles. The average molecular weight is 727 g/mol. The summed E-state index contributed by atoms with van der Waals surface area (Å²) in [6, 6.07) is 64.8. The minimum Gasteiger partial charge on any atom is -0.456 e. The van der Waals surface area contributed by atoms with Crippen LogP contribution in [0.1, 0.15) is 0 Å². The molecule has 0 fully saturated rings. The van der Waals surface area contributed by atoms with E-state index in [1.165, 1.54) is 47.1 Å². The van der Waals surface area contributed by atoms with Crippen LogP contribution in [0.4, 0.5) is 17.1 Å². The molecule has 54 heavy (non-hydrogen) atoms. The lowest BCUT2D eigenvalue weighted by atomic mass is 10.0. The Bertz CT molecular complexity index is 3140. The highest BCUT2D eigenvalue weighted by Crippen LogP contribution is 2.44. The Balaban J connectivity index is 1.00. The number of furan rings is 1. The quantitative estimate of drug-likeness (QED) is 0.171. The zero-order valence-corrected chi connectivity index (χ0v) is 30.6. The van der Waals surface area contributed by atoms with Gasteiger partial charge in [0.25, 0.3) is 0 Å². The summed E-state index contributed by atoms with van der Waals surface area (Å²) < 4.78 is 10.2. The molecule has 0 amide bonds. The second-order valence-corrected chi connectivity index (χ2v) is 15.6. The summed E-state index contributed by atoms with van der Waals surface area (Å²) in [5.41, 5.74) is 11.9. The van der Waals surface area contributed by atoms with Gasteiger partial charge in [-0.05, 0) is 89.0 Å². The largest absolute Gasteiger partial charge is 0.456 e. The maximum atomic E-state index is 6.35. The molecule has 0 saturated carbocycles. The van der Waals surface area contributed by atoms with E-state index in [1.807, 2.05) is 23.5 Å². The number of benzene rings is 8. The number of fused-ring (bicyclic) bond motifs is 8. The lowest BCUT2D eigenvalue weighted by Crippen LogP contribution is -2.09. The number of rotatable bonds is 6. The first-order chi connectivity index (χ1) is 26.7. The van der Waals surface area contributed by atoms with Crippen LogP contribution in [0.3, 0.4) is 0 Å². The van der Waals surface area contributed by atoms with Crippen molar-refractivity contribution in [2.45, 2.75) is 0 Å². The van der Waals surface area contributed by atoms with Crippen molar-refractivity contribution in [3.05, 3.63) is 182 Å². The van der Waals surface area contributed by atoms with Crippen molar-refractivity contribution in [1.29, 1.82) is 0 Å². The minimum atomic E-state index is 0.874. The topological polar surface area (TPSA) is 29.3 Å². The highest BCUT2D eigenvalue weighted by Gasteiger charge is 2.18. The molecule has 0 unspecified atom stereocenters. The smallest absolute Gasteiger partial charge is 0.137 e. The van der Waals surface area contributed by atoms with Crippen molar-refractivity contribution in [1.82, 2.24) is 4.98 Å². The molecule has 11 rings (SSSR count). The van der Waals surface area contributed by atoms with Crippen molar-refractivity contribution < 1.29 is 4.42 Å². The molecule has 0 bridgehead atoms. The molecule has 0 aliphatic carbocycles. The van der Waals surface area contributed by atoms with Crippen LogP contribution in [0, 0.1) is 0 Å². The first-order valence-electron chi connectivity index (χ1n) is 18.0. The van der Waals surface area contributed by atoms with Gasteiger partial charge in [0.2, 0.25) is 0 Å². The third kappa shape index (κ3) is 5.20. The van der Waals surface area contributed by atoms with E-state index in [1.54, 1.807) is 11.3 Å². The Kier molecular flexibility index (Phi) is 7.22. The zero-order valence-electron chi connectivity index (χ0n) is 28.9. The number of hydrogen-bond acceptors (Lipinski definition) is 5. The Morgan fingerprint density at radius 2 is 1.00 bits per heavy atom. The number of anilines is 3. The number of para-hydroxylation sites is 1. The van der Waals surface area contributed by atoms with Gasteiger partial charge in [0.05, 0.1) is 10.2 Å². The number of aromatic nitrogens is 1. The van der Waals surface area contributed by atoms with Crippen LogP contribution in [-0.2, 0) is 0 Å². The van der Waals surface area contributed by atoms with Crippen LogP contribution >= 0.6 is 22.7 Å². The van der Waals surface area contributed by atoms with E-state index in [-0.39, 0.29) is 0 Å². The molecule has 5 heteroatoms. The summed E-state index contributed by atoms with van der Waals surface area (Å²) >= 11 is 3.64. The molecule has 3 heterocycles. The molecular weight excluding hydrogens is 697 g/mol. The van der Waals surface area contributed by atoms with Gasteiger partial charge in [0, 0.05) is 59.6 Å². The van der Waals surface area contributed by atoms with Gasteiger partial charge in [-0.3, -0.25) is 0 Å². The van der Waals surface area contributed by atoms with E-state index >= 15 is 0 Å². The first kappa shape index (κ1) is 31.0. The standard InChI is InChI=1S/C49H30N2OS2/c1-3-9-31(10-4-1)32-15-20-36(21-16-32)51(38-24-25-40-39-13-7-8-14-43(39)52-44(40)30-38)37-22-17-33(18-23-37)35-19-27-45-41(29-35)47-46(53-45)28-26-42-48(47)54-49(50-42)34-11-5-2-6-12-34/h1-30H. The summed E-state index contributed by atoms with van der Waals surface area (Å²) in [5.74, 6) is 0. The van der Waals surface area contributed by atoms with E-state index in [9.17, 15) is 0 Å². The highest BCUT2D eigenvalue weighted by molar-refractivity contribution is 7.28. The van der Waals surface area contributed by atoms with Crippen molar-refractivity contribution >= 4 is 92.1 Å². The number of nitrogens with zero attached hydrogens (tertiary/aromatic N) is 2. The molecule has 0 aliphatic heterocycles. The summed E-state index contributed by atoms with van der Waals surface area (Å²) in [4.78, 5) is 7.35. The maximum absolute atomic E-state index is 6.35. The Morgan fingerprint density at radius 1 is 0.407 bits per heavy atom. The number of hydrogen-bond donors (Lipinski definition) is 0. The van der Waals surface area contributed by atoms with Crippen LogP contribution in [-0.4, -0.2) is 4.98 Å². The molecule has 0 N–H and O–H groups in total. The Morgan fingerprint density at radius 3 is 1.76 bits per heavy atom. The summed E-state index contributed by atoms with van der Waals surface area (Å²) in [5, 5.41) is 5.89. The van der Waals surface area contributed by atoms with E-state index in [0.29, 0.717) is 0 Å². The molecule has 3 nitrogen and oxygen atoms in total. The minimum absolute atomic E-state index is 0.874. The molecule has 0 atom stereocenters. The van der Waals surface area contributed by atoms with Crippen molar-refractivity contribution in [2.24, 2.45) is 0 Å². The molecule has 254 valence electrons. The fourth-order valence-electron chi connectivity index (χ4n) is 7.67. The van der Waals surface area contributed by atoms with E-state index in [0.717, 1.165) is 55.1 Å². The second-order valence-electron chi connectivity index (χ2n) is 13.6. The van der Waals surface area contributed by atoms with E-state index in [4.69, 9.17) is 9.40 Å².